The molecule has 0 aromatic heterocycles. The molecule has 1 unspecified atom stereocenters. The number of nitrogens with one attached hydrogen (secondary N) is 1. The van der Waals surface area contributed by atoms with Gasteiger partial charge in [-0.25, -0.2) is 13.1 Å². The molecule has 1 rings (SSSR count). The first-order valence-electron chi connectivity index (χ1n) is 6.14. The smallest absolute Gasteiger partial charge is 0.304 e. The molecule has 2 N–H and O–H groups in total. The topological polar surface area (TPSA) is 107 Å². The number of carboxylic acids is 1. The van der Waals surface area contributed by atoms with Gasteiger partial charge < -0.3 is 5.11 Å². The molecule has 20 heavy (non-hydrogen) atoms. The second-order valence-electron chi connectivity index (χ2n) is 4.31. The standard InChI is InChI=1S/C13H16N2O4S/c1-2-5-11(8-13(16)17)15-20(18,19)12-7-4-3-6-10(12)9-14/h3-4,6-7,11,15H,2,5,8H2,1H3,(H,16,17). The Balaban J connectivity index is 3.04. The van der Waals surface area contributed by atoms with Gasteiger partial charge in [-0.15, -0.1) is 0 Å². The van der Waals surface area contributed by atoms with Gasteiger partial charge in [0.1, 0.15) is 6.07 Å². The molecule has 0 aliphatic rings. The highest BCUT2D eigenvalue weighted by molar-refractivity contribution is 7.89. The van der Waals surface area contributed by atoms with Crippen molar-refractivity contribution in [2.45, 2.75) is 37.1 Å². The molecule has 0 bridgehead atoms. The summed E-state index contributed by atoms with van der Waals surface area (Å²) in [5, 5.41) is 17.7. The van der Waals surface area contributed by atoms with E-state index in [1.807, 2.05) is 13.0 Å². The number of nitrogens with zero attached hydrogens (tertiary/aromatic N) is 1. The molecule has 0 aliphatic heterocycles. The third kappa shape index (κ3) is 4.33. The summed E-state index contributed by atoms with van der Waals surface area (Å²) in [6, 6.07) is 6.94. The zero-order valence-corrected chi connectivity index (χ0v) is 11.9. The molecular weight excluding hydrogens is 280 g/mol. The van der Waals surface area contributed by atoms with Crippen LogP contribution in [-0.2, 0) is 14.8 Å². The van der Waals surface area contributed by atoms with Crippen molar-refractivity contribution in [3.63, 3.8) is 0 Å². The van der Waals surface area contributed by atoms with Gasteiger partial charge in [-0.1, -0.05) is 25.5 Å². The monoisotopic (exact) mass is 296 g/mol. The Hall–Kier alpha value is -1.91. The number of benzene rings is 1. The molecule has 0 radical (unpaired) electrons. The second kappa shape index (κ2) is 7.03. The Bertz CT molecular complexity index is 620. The highest BCUT2D eigenvalue weighted by Gasteiger charge is 2.23. The van der Waals surface area contributed by atoms with Crippen LogP contribution in [0.25, 0.3) is 0 Å². The van der Waals surface area contributed by atoms with Gasteiger partial charge in [0.2, 0.25) is 10.0 Å². The highest BCUT2D eigenvalue weighted by atomic mass is 32.2. The van der Waals surface area contributed by atoms with Crippen LogP contribution in [0.4, 0.5) is 0 Å². The van der Waals surface area contributed by atoms with Gasteiger partial charge in [-0.3, -0.25) is 4.79 Å². The summed E-state index contributed by atoms with van der Waals surface area (Å²) in [4.78, 5) is 10.6. The summed E-state index contributed by atoms with van der Waals surface area (Å²) in [6.45, 7) is 1.84. The van der Waals surface area contributed by atoms with Gasteiger partial charge in [0.25, 0.3) is 0 Å². The van der Waals surface area contributed by atoms with Crippen LogP contribution in [0.15, 0.2) is 29.2 Å². The van der Waals surface area contributed by atoms with E-state index < -0.39 is 22.0 Å². The van der Waals surface area contributed by atoms with Crippen molar-refractivity contribution in [2.24, 2.45) is 0 Å². The first kappa shape index (κ1) is 16.1. The number of carboxylic acid groups (broad SMARTS) is 1. The molecule has 0 fully saturated rings. The lowest BCUT2D eigenvalue weighted by molar-refractivity contribution is -0.137. The molecule has 1 atom stereocenters. The van der Waals surface area contributed by atoms with E-state index >= 15 is 0 Å². The number of aliphatic carboxylic acids is 1. The average Bonchev–Trinajstić information content (AvgIpc) is 2.37. The molecule has 0 saturated heterocycles. The molecule has 1 aromatic carbocycles. The van der Waals surface area contributed by atoms with Crippen molar-refractivity contribution in [2.75, 3.05) is 0 Å². The Morgan fingerprint density at radius 1 is 1.45 bits per heavy atom. The largest absolute Gasteiger partial charge is 0.481 e. The number of carbonyl (C=O) groups is 1. The highest BCUT2D eigenvalue weighted by Crippen LogP contribution is 2.16. The Morgan fingerprint density at radius 2 is 2.10 bits per heavy atom. The number of rotatable bonds is 7. The third-order valence-corrected chi connectivity index (χ3v) is 4.26. The summed E-state index contributed by atoms with van der Waals surface area (Å²) in [5.41, 5.74) is 0.0329. The lowest BCUT2D eigenvalue weighted by atomic mass is 10.1. The Labute approximate surface area is 118 Å². The predicted octanol–water partition coefficient (Wildman–Crippen LogP) is 1.48. The minimum Gasteiger partial charge on any atom is -0.481 e. The van der Waals surface area contributed by atoms with Gasteiger partial charge in [0.15, 0.2) is 0 Å². The van der Waals surface area contributed by atoms with E-state index in [2.05, 4.69) is 4.72 Å². The SMILES string of the molecule is CCCC(CC(=O)O)NS(=O)(=O)c1ccccc1C#N. The Morgan fingerprint density at radius 3 is 2.65 bits per heavy atom. The molecule has 0 amide bonds. The van der Waals surface area contributed by atoms with E-state index in [0.29, 0.717) is 12.8 Å². The molecule has 7 heteroatoms. The zero-order chi connectivity index (χ0) is 15.2. The maximum absolute atomic E-state index is 12.2. The number of sulfonamides is 1. The van der Waals surface area contributed by atoms with Crippen LogP contribution >= 0.6 is 0 Å². The number of hydrogen-bond acceptors (Lipinski definition) is 4. The molecule has 0 aliphatic carbocycles. The van der Waals surface area contributed by atoms with Crippen molar-refractivity contribution < 1.29 is 18.3 Å². The van der Waals surface area contributed by atoms with E-state index in [1.165, 1.54) is 18.2 Å². The van der Waals surface area contributed by atoms with Crippen LogP contribution in [0.2, 0.25) is 0 Å². The Kier molecular flexibility index (Phi) is 5.67. The summed E-state index contributed by atoms with van der Waals surface area (Å²) >= 11 is 0. The van der Waals surface area contributed by atoms with Crippen molar-refractivity contribution in [3.05, 3.63) is 29.8 Å². The predicted molar refractivity (Wildman–Crippen MR) is 72.4 cm³/mol. The normalized spacial score (nSPS) is 12.6. The van der Waals surface area contributed by atoms with Crippen molar-refractivity contribution in [3.8, 4) is 6.07 Å². The third-order valence-electron chi connectivity index (χ3n) is 2.68. The van der Waals surface area contributed by atoms with Gasteiger partial charge in [0.05, 0.1) is 16.9 Å². The fourth-order valence-electron chi connectivity index (χ4n) is 1.84. The maximum atomic E-state index is 12.2. The number of nitriles is 1. The van der Waals surface area contributed by atoms with Crippen LogP contribution in [-0.4, -0.2) is 25.5 Å². The molecule has 6 nitrogen and oxygen atoms in total. The van der Waals surface area contributed by atoms with E-state index in [4.69, 9.17) is 10.4 Å². The average molecular weight is 296 g/mol. The number of hydrogen-bond donors (Lipinski definition) is 2. The molecule has 0 spiro atoms. The maximum Gasteiger partial charge on any atom is 0.304 e. The van der Waals surface area contributed by atoms with E-state index in [1.54, 1.807) is 6.07 Å². The first-order chi connectivity index (χ1) is 9.40. The first-order valence-corrected chi connectivity index (χ1v) is 7.62. The fraction of sp³-hybridized carbons (Fsp3) is 0.385. The quantitative estimate of drug-likeness (QED) is 0.792. The molecular formula is C13H16N2O4S. The van der Waals surface area contributed by atoms with Gasteiger partial charge >= 0.3 is 5.97 Å². The van der Waals surface area contributed by atoms with Gasteiger partial charge in [-0.05, 0) is 18.6 Å². The summed E-state index contributed by atoms with van der Waals surface area (Å²) in [6.07, 6.45) is 0.780. The minimum atomic E-state index is -3.91. The van der Waals surface area contributed by atoms with Crippen LogP contribution in [0, 0.1) is 11.3 Å². The second-order valence-corrected chi connectivity index (χ2v) is 6.00. The van der Waals surface area contributed by atoms with Crippen LogP contribution in [0.1, 0.15) is 31.7 Å². The van der Waals surface area contributed by atoms with Crippen molar-refractivity contribution in [1.29, 1.82) is 5.26 Å². The van der Waals surface area contributed by atoms with Crippen LogP contribution < -0.4 is 4.72 Å². The summed E-state index contributed by atoms with van der Waals surface area (Å²) in [5.74, 6) is -1.07. The van der Waals surface area contributed by atoms with Gasteiger partial charge in [-0.2, -0.15) is 5.26 Å². The van der Waals surface area contributed by atoms with Crippen molar-refractivity contribution in [1.82, 2.24) is 4.72 Å². The zero-order valence-electron chi connectivity index (χ0n) is 11.0. The van der Waals surface area contributed by atoms with E-state index in [9.17, 15) is 13.2 Å². The molecule has 108 valence electrons. The minimum absolute atomic E-state index is 0.0329. The van der Waals surface area contributed by atoms with Gasteiger partial charge in [0, 0.05) is 6.04 Å². The summed E-state index contributed by atoms with van der Waals surface area (Å²) < 4.78 is 26.8. The summed E-state index contributed by atoms with van der Waals surface area (Å²) in [7, 11) is -3.91. The molecule has 0 saturated carbocycles. The van der Waals surface area contributed by atoms with Crippen LogP contribution in [0.5, 0.6) is 0 Å². The molecule has 1 aromatic rings. The lowest BCUT2D eigenvalue weighted by Crippen LogP contribution is -2.36. The van der Waals surface area contributed by atoms with Crippen molar-refractivity contribution >= 4 is 16.0 Å². The van der Waals surface area contributed by atoms with E-state index in [0.717, 1.165) is 0 Å². The van der Waals surface area contributed by atoms with Crippen LogP contribution in [0.3, 0.4) is 0 Å². The van der Waals surface area contributed by atoms with E-state index in [-0.39, 0.29) is 16.9 Å². The fourth-order valence-corrected chi connectivity index (χ4v) is 3.27. The lowest BCUT2D eigenvalue weighted by Gasteiger charge is -2.16. The molecule has 0 heterocycles.